The molecule has 0 amide bonds. The molecular weight excluding hydrogens is 263 g/mol. The monoisotopic (exact) mass is 290 g/mol. The molecule has 1 aromatic carbocycles. The molecule has 0 heterocycles. The highest BCUT2D eigenvalue weighted by molar-refractivity contribution is 7.54. The van der Waals surface area contributed by atoms with Crippen molar-refractivity contribution in [2.45, 2.75) is 75.5 Å². The molecule has 0 aromatic heterocycles. The van der Waals surface area contributed by atoms with Gasteiger partial charge >= 0.3 is 0 Å². The van der Waals surface area contributed by atoms with E-state index >= 15 is 0 Å². The van der Waals surface area contributed by atoms with Gasteiger partial charge in [-0.15, -0.1) is 0 Å². The van der Waals surface area contributed by atoms with Gasteiger partial charge in [0.05, 0.1) is 8.15 Å². The average Bonchev–Trinajstić information content (AvgIpc) is 2.55. The minimum atomic E-state index is -0.273. The van der Waals surface area contributed by atoms with Gasteiger partial charge in [-0.2, -0.15) is 0 Å². The molecule has 0 N–H and O–H groups in total. The Morgan fingerprint density at radius 3 is 1.70 bits per heavy atom. The molecule has 0 saturated heterocycles. The van der Waals surface area contributed by atoms with Crippen LogP contribution < -0.4 is 4.52 Å². The van der Waals surface area contributed by atoms with Crippen molar-refractivity contribution < 1.29 is 4.52 Å². The van der Waals surface area contributed by atoms with Crippen molar-refractivity contribution in [2.24, 2.45) is 0 Å². The quantitative estimate of drug-likeness (QED) is 0.606. The Balaban J connectivity index is 1.71. The number of rotatable bonds is 4. The van der Waals surface area contributed by atoms with Crippen LogP contribution in [-0.4, -0.2) is 11.3 Å². The maximum Gasteiger partial charge on any atom is 0.123 e. The van der Waals surface area contributed by atoms with Crippen LogP contribution in [-0.2, 0) is 0 Å². The summed E-state index contributed by atoms with van der Waals surface area (Å²) in [7, 11) is -0.273. The summed E-state index contributed by atoms with van der Waals surface area (Å²) in [6, 6.07) is 10.6. The predicted octanol–water partition coefficient (Wildman–Crippen LogP) is 6.13. The second-order valence-corrected chi connectivity index (χ2v) is 8.71. The molecular formula is C18H27OP. The lowest BCUT2D eigenvalue weighted by molar-refractivity contribution is 0.449. The van der Waals surface area contributed by atoms with E-state index in [0.717, 1.165) is 17.1 Å². The van der Waals surface area contributed by atoms with Gasteiger partial charge in [0.1, 0.15) is 5.75 Å². The molecule has 2 aliphatic rings. The minimum absolute atomic E-state index is 0.273. The summed E-state index contributed by atoms with van der Waals surface area (Å²) < 4.78 is 6.56. The zero-order chi connectivity index (χ0) is 13.6. The first-order valence-corrected chi connectivity index (χ1v) is 9.84. The zero-order valence-electron chi connectivity index (χ0n) is 12.5. The molecule has 0 aliphatic heterocycles. The topological polar surface area (TPSA) is 9.23 Å². The van der Waals surface area contributed by atoms with Crippen LogP contribution >= 0.6 is 8.15 Å². The van der Waals surface area contributed by atoms with Gasteiger partial charge in [-0.3, -0.25) is 0 Å². The summed E-state index contributed by atoms with van der Waals surface area (Å²) in [5, 5.41) is 0. The van der Waals surface area contributed by atoms with E-state index < -0.39 is 0 Å². The molecule has 2 aliphatic carbocycles. The SMILES string of the molecule is c1ccc(OP(C2CCCCC2)C2CCCCC2)cc1. The molecule has 3 rings (SSSR count). The van der Waals surface area contributed by atoms with Crippen LogP contribution in [0.25, 0.3) is 0 Å². The highest BCUT2D eigenvalue weighted by atomic mass is 31.1. The van der Waals surface area contributed by atoms with Crippen molar-refractivity contribution in [3.63, 3.8) is 0 Å². The molecule has 1 nitrogen and oxygen atoms in total. The molecule has 0 radical (unpaired) electrons. The van der Waals surface area contributed by atoms with Crippen molar-refractivity contribution in [1.82, 2.24) is 0 Å². The Bertz CT molecular complexity index is 362. The molecule has 2 fully saturated rings. The fourth-order valence-corrected chi connectivity index (χ4v) is 6.73. The third-order valence-electron chi connectivity index (χ3n) is 4.82. The van der Waals surface area contributed by atoms with Gasteiger partial charge in [0.25, 0.3) is 0 Å². The number of benzene rings is 1. The Morgan fingerprint density at radius 1 is 0.700 bits per heavy atom. The zero-order valence-corrected chi connectivity index (χ0v) is 13.4. The maximum absolute atomic E-state index is 6.56. The molecule has 2 saturated carbocycles. The van der Waals surface area contributed by atoms with Crippen LogP contribution in [0.2, 0.25) is 0 Å². The summed E-state index contributed by atoms with van der Waals surface area (Å²) in [6.45, 7) is 0. The first-order chi connectivity index (χ1) is 9.93. The molecule has 20 heavy (non-hydrogen) atoms. The average molecular weight is 290 g/mol. The third-order valence-corrected chi connectivity index (χ3v) is 7.72. The van der Waals surface area contributed by atoms with Crippen LogP contribution in [0.4, 0.5) is 0 Å². The first-order valence-electron chi connectivity index (χ1n) is 8.45. The van der Waals surface area contributed by atoms with Crippen LogP contribution in [0.5, 0.6) is 5.75 Å². The molecule has 0 spiro atoms. The van der Waals surface area contributed by atoms with Gasteiger partial charge in [-0.25, -0.2) is 0 Å². The van der Waals surface area contributed by atoms with Crippen LogP contribution in [0.3, 0.4) is 0 Å². The van der Waals surface area contributed by atoms with Crippen molar-refractivity contribution in [3.05, 3.63) is 30.3 Å². The van der Waals surface area contributed by atoms with Crippen molar-refractivity contribution >= 4 is 8.15 Å². The summed E-state index contributed by atoms with van der Waals surface area (Å²) in [5.74, 6) is 1.11. The number of para-hydroxylation sites is 1. The summed E-state index contributed by atoms with van der Waals surface area (Å²) >= 11 is 0. The van der Waals surface area contributed by atoms with Gasteiger partial charge in [0, 0.05) is 11.3 Å². The second kappa shape index (κ2) is 7.46. The summed E-state index contributed by atoms with van der Waals surface area (Å²) in [4.78, 5) is 0. The van der Waals surface area contributed by atoms with E-state index in [1.54, 1.807) is 0 Å². The van der Waals surface area contributed by atoms with E-state index in [-0.39, 0.29) is 8.15 Å². The first kappa shape index (κ1) is 14.4. The van der Waals surface area contributed by atoms with Crippen molar-refractivity contribution in [2.75, 3.05) is 0 Å². The lowest BCUT2D eigenvalue weighted by Gasteiger charge is -2.37. The van der Waals surface area contributed by atoms with Gasteiger partial charge in [0.2, 0.25) is 0 Å². The van der Waals surface area contributed by atoms with Crippen LogP contribution in [0.1, 0.15) is 64.2 Å². The normalized spacial score (nSPS) is 22.1. The number of hydrogen-bond acceptors (Lipinski definition) is 1. The summed E-state index contributed by atoms with van der Waals surface area (Å²) in [6.07, 6.45) is 14.2. The molecule has 1 aromatic rings. The standard InChI is InChI=1S/C18H27OP/c1-4-10-16(11-5-1)19-20(17-12-6-2-7-13-17)18-14-8-3-9-15-18/h1,4-5,10-11,17-18H,2-3,6-9,12-15H2. The van der Waals surface area contributed by atoms with E-state index in [1.807, 2.05) is 0 Å². The highest BCUT2D eigenvalue weighted by Gasteiger charge is 2.33. The van der Waals surface area contributed by atoms with Crippen LogP contribution in [0, 0.1) is 0 Å². The lowest BCUT2D eigenvalue weighted by Crippen LogP contribution is -2.23. The Hall–Kier alpha value is -0.550. The second-order valence-electron chi connectivity index (χ2n) is 6.35. The Labute approximate surface area is 124 Å². The van der Waals surface area contributed by atoms with Gasteiger partial charge in [-0.1, -0.05) is 56.7 Å². The molecule has 2 heteroatoms. The fourth-order valence-electron chi connectivity index (χ4n) is 3.72. The summed E-state index contributed by atoms with van der Waals surface area (Å²) in [5.41, 5.74) is 1.73. The third kappa shape index (κ3) is 3.76. The van der Waals surface area contributed by atoms with Gasteiger partial charge in [0.15, 0.2) is 0 Å². The smallest absolute Gasteiger partial charge is 0.123 e. The predicted molar refractivity (Wildman–Crippen MR) is 87.7 cm³/mol. The van der Waals surface area contributed by atoms with Crippen molar-refractivity contribution in [1.29, 1.82) is 0 Å². The number of hydrogen-bond donors (Lipinski definition) is 0. The Morgan fingerprint density at radius 2 is 1.20 bits per heavy atom. The molecule has 0 bridgehead atoms. The largest absolute Gasteiger partial charge is 0.474 e. The molecule has 0 unspecified atom stereocenters. The van der Waals surface area contributed by atoms with E-state index in [2.05, 4.69) is 30.3 Å². The van der Waals surface area contributed by atoms with Crippen molar-refractivity contribution in [3.8, 4) is 5.75 Å². The highest BCUT2D eigenvalue weighted by Crippen LogP contribution is 2.56. The van der Waals surface area contributed by atoms with Gasteiger partial charge in [-0.05, 0) is 37.8 Å². The minimum Gasteiger partial charge on any atom is -0.474 e. The lowest BCUT2D eigenvalue weighted by atomic mass is 10.00. The fraction of sp³-hybridized carbons (Fsp3) is 0.667. The van der Waals surface area contributed by atoms with Gasteiger partial charge < -0.3 is 4.52 Å². The molecule has 0 atom stereocenters. The van der Waals surface area contributed by atoms with E-state index in [0.29, 0.717) is 0 Å². The van der Waals surface area contributed by atoms with Crippen LogP contribution in [0.15, 0.2) is 30.3 Å². The van der Waals surface area contributed by atoms with E-state index in [1.165, 1.54) is 64.2 Å². The maximum atomic E-state index is 6.56. The van der Waals surface area contributed by atoms with E-state index in [9.17, 15) is 0 Å². The van der Waals surface area contributed by atoms with E-state index in [4.69, 9.17) is 4.52 Å². The molecule has 110 valence electrons. The Kier molecular flexibility index (Phi) is 5.36.